The lowest BCUT2D eigenvalue weighted by Crippen LogP contribution is -2.18. The van der Waals surface area contributed by atoms with Crippen molar-refractivity contribution in [2.75, 3.05) is 0 Å². The zero-order valence-electron chi connectivity index (χ0n) is 6.98. The summed E-state index contributed by atoms with van der Waals surface area (Å²) in [5.41, 5.74) is 2.01. The summed E-state index contributed by atoms with van der Waals surface area (Å²) in [6.45, 7) is 3.80. The Kier molecular flexibility index (Phi) is 2.65. The van der Waals surface area contributed by atoms with Gasteiger partial charge in [0.1, 0.15) is 5.39 Å². The van der Waals surface area contributed by atoms with Crippen molar-refractivity contribution in [2.24, 2.45) is 0 Å². The third-order valence-electron chi connectivity index (χ3n) is 1.38. The van der Waals surface area contributed by atoms with Gasteiger partial charge in [0, 0.05) is 0 Å². The minimum atomic E-state index is -0.311. The SMILES string of the molecule is Cc1cc(C)cc(ON(O)O)c1. The standard InChI is InChI=1S/C8H11NO3/c1-6-3-7(2)5-8(4-6)12-9(10)11/h3-5,10-11H,1-2H3. The third-order valence-corrected chi connectivity index (χ3v) is 1.38. The summed E-state index contributed by atoms with van der Waals surface area (Å²) >= 11 is 0. The molecule has 0 fully saturated rings. The quantitative estimate of drug-likeness (QED) is 0.661. The number of hydrogen-bond acceptors (Lipinski definition) is 4. The van der Waals surface area contributed by atoms with Crippen LogP contribution in [0.25, 0.3) is 0 Å². The molecule has 0 aliphatic rings. The summed E-state index contributed by atoms with van der Waals surface area (Å²) in [7, 11) is 0. The number of aryl methyl sites for hydroxylation is 2. The maximum atomic E-state index is 8.35. The van der Waals surface area contributed by atoms with Crippen molar-refractivity contribution < 1.29 is 15.3 Å². The highest BCUT2D eigenvalue weighted by atomic mass is 17.1. The van der Waals surface area contributed by atoms with Gasteiger partial charge in [-0.3, -0.25) is 10.4 Å². The Morgan fingerprint density at radius 3 is 2.00 bits per heavy atom. The van der Waals surface area contributed by atoms with Gasteiger partial charge in [-0.05, 0) is 37.1 Å². The normalized spacial score (nSPS) is 10.4. The molecule has 0 spiro atoms. The van der Waals surface area contributed by atoms with Crippen LogP contribution in [0.15, 0.2) is 18.2 Å². The van der Waals surface area contributed by atoms with Gasteiger partial charge >= 0.3 is 0 Å². The van der Waals surface area contributed by atoms with Gasteiger partial charge in [-0.25, -0.2) is 0 Å². The molecular formula is C8H11NO3. The minimum Gasteiger partial charge on any atom is -0.357 e. The van der Waals surface area contributed by atoms with Gasteiger partial charge in [-0.15, -0.1) is 0 Å². The summed E-state index contributed by atoms with van der Waals surface area (Å²) in [5.74, 6) is 0.400. The van der Waals surface area contributed by atoms with Crippen molar-refractivity contribution in [2.45, 2.75) is 13.8 Å². The van der Waals surface area contributed by atoms with Gasteiger partial charge in [0.15, 0.2) is 5.75 Å². The molecule has 0 bridgehead atoms. The Morgan fingerprint density at radius 1 is 1.08 bits per heavy atom. The van der Waals surface area contributed by atoms with Crippen molar-refractivity contribution >= 4 is 0 Å². The van der Waals surface area contributed by atoms with Crippen LogP contribution < -0.4 is 4.84 Å². The average molecular weight is 169 g/mol. The number of benzene rings is 1. The zero-order chi connectivity index (χ0) is 9.14. The third kappa shape index (κ3) is 2.50. The maximum Gasteiger partial charge on any atom is 0.153 e. The van der Waals surface area contributed by atoms with E-state index in [1.54, 1.807) is 12.1 Å². The Bertz CT molecular complexity index is 253. The first-order valence-corrected chi connectivity index (χ1v) is 3.52. The maximum absolute atomic E-state index is 8.35. The van der Waals surface area contributed by atoms with E-state index in [2.05, 4.69) is 4.84 Å². The van der Waals surface area contributed by atoms with Crippen molar-refractivity contribution in [1.82, 2.24) is 5.39 Å². The predicted molar refractivity (Wildman–Crippen MR) is 42.0 cm³/mol. The van der Waals surface area contributed by atoms with E-state index >= 15 is 0 Å². The minimum absolute atomic E-state index is 0.311. The monoisotopic (exact) mass is 169 g/mol. The second-order valence-electron chi connectivity index (χ2n) is 2.67. The molecular weight excluding hydrogens is 158 g/mol. The molecule has 0 amide bonds. The highest BCUT2D eigenvalue weighted by molar-refractivity contribution is 5.32. The molecule has 0 aliphatic carbocycles. The first-order chi connectivity index (χ1) is 5.58. The van der Waals surface area contributed by atoms with Crippen molar-refractivity contribution in [3.05, 3.63) is 29.3 Å². The first kappa shape index (κ1) is 8.99. The highest BCUT2D eigenvalue weighted by Gasteiger charge is 1.99. The summed E-state index contributed by atoms with van der Waals surface area (Å²) in [5, 5.41) is 16.4. The first-order valence-electron chi connectivity index (χ1n) is 3.52. The van der Waals surface area contributed by atoms with Gasteiger partial charge in [-0.1, -0.05) is 6.07 Å². The number of rotatable bonds is 2. The van der Waals surface area contributed by atoms with Crippen LogP contribution in [0, 0.1) is 13.8 Å². The van der Waals surface area contributed by atoms with Crippen LogP contribution in [-0.2, 0) is 0 Å². The lowest BCUT2D eigenvalue weighted by Gasteiger charge is -2.08. The molecule has 0 atom stereocenters. The van der Waals surface area contributed by atoms with Crippen molar-refractivity contribution in [3.63, 3.8) is 0 Å². The van der Waals surface area contributed by atoms with Gasteiger partial charge in [0.05, 0.1) is 0 Å². The largest absolute Gasteiger partial charge is 0.357 e. The van der Waals surface area contributed by atoms with E-state index in [1.165, 1.54) is 0 Å². The average Bonchev–Trinajstić information content (AvgIpc) is 1.81. The van der Waals surface area contributed by atoms with Crippen molar-refractivity contribution in [3.8, 4) is 5.75 Å². The van der Waals surface area contributed by atoms with E-state index in [9.17, 15) is 0 Å². The van der Waals surface area contributed by atoms with Crippen LogP contribution in [0.3, 0.4) is 0 Å². The molecule has 4 heteroatoms. The Balaban J connectivity index is 2.85. The molecule has 0 radical (unpaired) electrons. The molecule has 4 nitrogen and oxygen atoms in total. The second kappa shape index (κ2) is 3.53. The van der Waals surface area contributed by atoms with Crippen LogP contribution in [0.4, 0.5) is 0 Å². The van der Waals surface area contributed by atoms with Gasteiger partial charge < -0.3 is 4.84 Å². The van der Waals surface area contributed by atoms with Crippen molar-refractivity contribution in [1.29, 1.82) is 0 Å². The van der Waals surface area contributed by atoms with E-state index in [-0.39, 0.29) is 5.39 Å². The molecule has 1 aromatic carbocycles. The molecule has 66 valence electrons. The second-order valence-corrected chi connectivity index (χ2v) is 2.67. The van der Waals surface area contributed by atoms with Gasteiger partial charge in [-0.2, -0.15) is 0 Å². The number of hydrogen-bond donors (Lipinski definition) is 2. The number of nitrogens with zero attached hydrogens (tertiary/aromatic N) is 1. The fourth-order valence-corrected chi connectivity index (χ4v) is 1.08. The fraction of sp³-hybridized carbons (Fsp3) is 0.250. The molecule has 0 heterocycles. The van der Waals surface area contributed by atoms with E-state index in [0.717, 1.165) is 11.1 Å². The zero-order valence-corrected chi connectivity index (χ0v) is 6.98. The molecule has 1 aromatic rings. The molecule has 12 heavy (non-hydrogen) atoms. The summed E-state index contributed by atoms with van der Waals surface area (Å²) in [6, 6.07) is 5.37. The predicted octanol–water partition coefficient (Wildman–Crippen LogP) is 1.68. The summed E-state index contributed by atoms with van der Waals surface area (Å²) in [6.07, 6.45) is 0. The van der Waals surface area contributed by atoms with Gasteiger partial charge in [0.2, 0.25) is 0 Å². The van der Waals surface area contributed by atoms with Crippen LogP contribution in [-0.4, -0.2) is 15.8 Å². The topological polar surface area (TPSA) is 52.9 Å². The van der Waals surface area contributed by atoms with Crippen LogP contribution in [0.5, 0.6) is 5.75 Å². The Morgan fingerprint density at radius 2 is 1.58 bits per heavy atom. The van der Waals surface area contributed by atoms with Gasteiger partial charge in [0.25, 0.3) is 0 Å². The lowest BCUT2D eigenvalue weighted by atomic mass is 10.1. The Hall–Kier alpha value is -1.10. The van der Waals surface area contributed by atoms with E-state index < -0.39 is 0 Å². The summed E-state index contributed by atoms with van der Waals surface area (Å²) in [4.78, 5) is 4.52. The van der Waals surface area contributed by atoms with Crippen LogP contribution in [0.2, 0.25) is 0 Å². The fourth-order valence-electron chi connectivity index (χ4n) is 1.08. The van der Waals surface area contributed by atoms with E-state index in [1.807, 2.05) is 19.9 Å². The smallest absolute Gasteiger partial charge is 0.153 e. The molecule has 0 saturated heterocycles. The molecule has 0 aromatic heterocycles. The lowest BCUT2D eigenvalue weighted by molar-refractivity contribution is -0.451. The van der Waals surface area contributed by atoms with Crippen LogP contribution in [0.1, 0.15) is 11.1 Å². The Labute approximate surface area is 70.5 Å². The molecule has 0 unspecified atom stereocenters. The van der Waals surface area contributed by atoms with E-state index in [0.29, 0.717) is 5.75 Å². The highest BCUT2D eigenvalue weighted by Crippen LogP contribution is 2.16. The summed E-state index contributed by atoms with van der Waals surface area (Å²) < 4.78 is 0. The van der Waals surface area contributed by atoms with Crippen LogP contribution >= 0.6 is 0 Å². The molecule has 0 saturated carbocycles. The molecule has 1 rings (SSSR count). The molecule has 2 N–H and O–H groups in total. The molecule has 0 aliphatic heterocycles. The van der Waals surface area contributed by atoms with E-state index in [4.69, 9.17) is 10.4 Å².